The van der Waals surface area contributed by atoms with E-state index >= 15 is 0 Å². The number of carbonyl (C=O) groups is 2. The summed E-state index contributed by atoms with van der Waals surface area (Å²) in [4.78, 5) is 37.8. The summed E-state index contributed by atoms with van der Waals surface area (Å²) in [6.07, 6.45) is 0. The zero-order valence-corrected chi connectivity index (χ0v) is 15.8. The van der Waals surface area contributed by atoms with Crippen LogP contribution in [-0.4, -0.2) is 34.9 Å². The summed E-state index contributed by atoms with van der Waals surface area (Å²) in [6.45, 7) is -0.455. The SMILES string of the molecule is CN(CC(=O)Nc1ccccc1Cl)C(=O)Cn1c(=O)oc2cc(Cl)ccc21. The molecule has 0 radical (unpaired) electrons. The number of benzene rings is 2. The van der Waals surface area contributed by atoms with E-state index < -0.39 is 17.6 Å². The predicted molar refractivity (Wildman–Crippen MR) is 103 cm³/mol. The van der Waals surface area contributed by atoms with Gasteiger partial charge in [0.1, 0.15) is 6.54 Å². The lowest BCUT2D eigenvalue weighted by Gasteiger charge is -2.17. The number of likely N-dealkylation sites (N-methyl/N-ethyl adjacent to an activating group) is 1. The van der Waals surface area contributed by atoms with E-state index in [9.17, 15) is 14.4 Å². The van der Waals surface area contributed by atoms with E-state index in [1.54, 1.807) is 36.4 Å². The Labute approximate surface area is 164 Å². The highest BCUT2D eigenvalue weighted by atomic mass is 35.5. The Morgan fingerprint density at radius 2 is 1.93 bits per heavy atom. The van der Waals surface area contributed by atoms with Crippen molar-refractivity contribution in [3.8, 4) is 0 Å². The second-order valence-electron chi connectivity index (χ2n) is 5.84. The molecule has 0 bridgehead atoms. The van der Waals surface area contributed by atoms with Crippen LogP contribution in [0.25, 0.3) is 11.1 Å². The van der Waals surface area contributed by atoms with E-state index in [0.29, 0.717) is 26.8 Å². The topological polar surface area (TPSA) is 84.5 Å². The Morgan fingerprint density at radius 3 is 2.67 bits per heavy atom. The Kier molecular flexibility index (Phi) is 5.53. The van der Waals surface area contributed by atoms with Crippen LogP contribution in [0.3, 0.4) is 0 Å². The minimum absolute atomic E-state index is 0.194. The highest BCUT2D eigenvalue weighted by Crippen LogP contribution is 2.20. The normalized spacial score (nSPS) is 10.8. The van der Waals surface area contributed by atoms with Gasteiger partial charge in [-0.3, -0.25) is 14.2 Å². The van der Waals surface area contributed by atoms with Gasteiger partial charge in [-0.15, -0.1) is 0 Å². The summed E-state index contributed by atoms with van der Waals surface area (Å²) in [5.41, 5.74) is 1.20. The largest absolute Gasteiger partial charge is 0.420 e. The molecule has 3 rings (SSSR count). The molecule has 3 aromatic rings. The molecule has 0 aliphatic carbocycles. The van der Waals surface area contributed by atoms with Gasteiger partial charge in [-0.1, -0.05) is 35.3 Å². The number of halogens is 2. The molecule has 0 spiro atoms. The zero-order valence-electron chi connectivity index (χ0n) is 14.2. The number of oxazole rings is 1. The average molecular weight is 408 g/mol. The molecule has 27 heavy (non-hydrogen) atoms. The fraction of sp³-hybridized carbons (Fsp3) is 0.167. The van der Waals surface area contributed by atoms with Gasteiger partial charge in [0.2, 0.25) is 11.8 Å². The van der Waals surface area contributed by atoms with Crippen molar-refractivity contribution in [1.29, 1.82) is 0 Å². The lowest BCUT2D eigenvalue weighted by Crippen LogP contribution is -2.38. The van der Waals surface area contributed by atoms with Gasteiger partial charge in [-0.05, 0) is 24.3 Å². The molecule has 2 aromatic carbocycles. The fourth-order valence-corrected chi connectivity index (χ4v) is 2.85. The third-order valence-corrected chi connectivity index (χ3v) is 4.44. The van der Waals surface area contributed by atoms with E-state index in [4.69, 9.17) is 27.6 Å². The molecule has 1 aromatic heterocycles. The molecule has 140 valence electrons. The van der Waals surface area contributed by atoms with Crippen molar-refractivity contribution in [3.63, 3.8) is 0 Å². The van der Waals surface area contributed by atoms with Crippen molar-refractivity contribution in [3.05, 3.63) is 63.1 Å². The number of hydrogen-bond acceptors (Lipinski definition) is 4. The molecule has 0 aliphatic rings. The monoisotopic (exact) mass is 407 g/mol. The summed E-state index contributed by atoms with van der Waals surface area (Å²) in [6, 6.07) is 11.5. The van der Waals surface area contributed by atoms with Crippen LogP contribution in [0.2, 0.25) is 10.0 Å². The van der Waals surface area contributed by atoms with Crippen molar-refractivity contribution in [2.45, 2.75) is 6.54 Å². The summed E-state index contributed by atoms with van der Waals surface area (Å²) in [5, 5.41) is 3.45. The van der Waals surface area contributed by atoms with Crippen LogP contribution in [-0.2, 0) is 16.1 Å². The minimum atomic E-state index is -0.672. The molecule has 0 saturated heterocycles. The second-order valence-corrected chi connectivity index (χ2v) is 6.69. The quantitative estimate of drug-likeness (QED) is 0.704. The summed E-state index contributed by atoms with van der Waals surface area (Å²) < 4.78 is 6.28. The Morgan fingerprint density at radius 1 is 1.19 bits per heavy atom. The molecule has 9 heteroatoms. The maximum absolute atomic E-state index is 12.4. The van der Waals surface area contributed by atoms with Crippen molar-refractivity contribution >= 4 is 51.8 Å². The minimum Gasteiger partial charge on any atom is -0.408 e. The third kappa shape index (κ3) is 4.32. The summed E-state index contributed by atoms with van der Waals surface area (Å²) >= 11 is 11.9. The number of rotatable bonds is 5. The number of nitrogens with zero attached hydrogens (tertiary/aromatic N) is 2. The molecule has 1 N–H and O–H groups in total. The van der Waals surface area contributed by atoms with Crippen LogP contribution in [0.4, 0.5) is 5.69 Å². The predicted octanol–water partition coefficient (Wildman–Crippen LogP) is 3.00. The van der Waals surface area contributed by atoms with Gasteiger partial charge < -0.3 is 14.6 Å². The van der Waals surface area contributed by atoms with Crippen LogP contribution in [0.5, 0.6) is 0 Å². The van der Waals surface area contributed by atoms with Crippen LogP contribution in [0.1, 0.15) is 0 Å². The number of anilines is 1. The molecule has 0 atom stereocenters. The molecule has 0 fully saturated rings. The Hall–Kier alpha value is -2.77. The molecular formula is C18H15Cl2N3O4. The zero-order chi connectivity index (χ0) is 19.6. The highest BCUT2D eigenvalue weighted by molar-refractivity contribution is 6.33. The van der Waals surface area contributed by atoms with Gasteiger partial charge in [0.15, 0.2) is 5.58 Å². The molecule has 0 unspecified atom stereocenters. The lowest BCUT2D eigenvalue weighted by molar-refractivity contribution is -0.133. The van der Waals surface area contributed by atoms with Gasteiger partial charge in [0.05, 0.1) is 22.8 Å². The van der Waals surface area contributed by atoms with Gasteiger partial charge in [-0.25, -0.2) is 4.79 Å². The van der Waals surface area contributed by atoms with Crippen molar-refractivity contribution < 1.29 is 14.0 Å². The first-order valence-corrected chi connectivity index (χ1v) is 8.68. The standard InChI is InChI=1S/C18H15Cl2N3O4/c1-22(9-16(24)21-13-5-3-2-4-12(13)20)17(25)10-23-14-7-6-11(19)8-15(14)27-18(23)26/h2-8H,9-10H2,1H3,(H,21,24). The lowest BCUT2D eigenvalue weighted by atomic mass is 10.3. The van der Waals surface area contributed by atoms with Gasteiger partial charge in [0, 0.05) is 18.1 Å². The van der Waals surface area contributed by atoms with Gasteiger partial charge in [0.25, 0.3) is 0 Å². The van der Waals surface area contributed by atoms with E-state index in [1.165, 1.54) is 22.6 Å². The molecular weight excluding hydrogens is 393 g/mol. The first-order chi connectivity index (χ1) is 12.8. The maximum Gasteiger partial charge on any atom is 0.420 e. The van der Waals surface area contributed by atoms with Crippen LogP contribution >= 0.6 is 23.2 Å². The van der Waals surface area contributed by atoms with Crippen molar-refractivity contribution in [2.24, 2.45) is 0 Å². The van der Waals surface area contributed by atoms with Gasteiger partial charge >= 0.3 is 5.76 Å². The Balaban J connectivity index is 1.68. The molecule has 0 aliphatic heterocycles. The fourth-order valence-electron chi connectivity index (χ4n) is 2.50. The van der Waals surface area contributed by atoms with E-state index in [1.807, 2.05) is 0 Å². The average Bonchev–Trinajstić information content (AvgIpc) is 2.91. The Bertz CT molecular complexity index is 1070. The molecule has 7 nitrogen and oxygen atoms in total. The number of fused-ring (bicyclic) bond motifs is 1. The second kappa shape index (κ2) is 7.85. The summed E-state index contributed by atoms with van der Waals surface area (Å²) in [7, 11) is 1.47. The molecule has 0 saturated carbocycles. The first-order valence-electron chi connectivity index (χ1n) is 7.92. The third-order valence-electron chi connectivity index (χ3n) is 3.88. The number of nitrogens with one attached hydrogen (secondary N) is 1. The number of amides is 2. The van der Waals surface area contributed by atoms with Gasteiger partial charge in [-0.2, -0.15) is 0 Å². The smallest absolute Gasteiger partial charge is 0.408 e. The van der Waals surface area contributed by atoms with Crippen molar-refractivity contribution in [2.75, 3.05) is 18.9 Å². The first kappa shape index (κ1) is 19.0. The number of aromatic nitrogens is 1. The van der Waals surface area contributed by atoms with Crippen LogP contribution < -0.4 is 11.1 Å². The highest BCUT2D eigenvalue weighted by Gasteiger charge is 2.18. The maximum atomic E-state index is 12.4. The number of hydrogen-bond donors (Lipinski definition) is 1. The molecule has 2 amide bonds. The van der Waals surface area contributed by atoms with E-state index in [-0.39, 0.29) is 13.1 Å². The number of carbonyl (C=O) groups excluding carboxylic acids is 2. The summed E-state index contributed by atoms with van der Waals surface area (Å²) in [5.74, 6) is -1.51. The van der Waals surface area contributed by atoms with Crippen LogP contribution in [0.15, 0.2) is 51.7 Å². The van der Waals surface area contributed by atoms with Crippen LogP contribution in [0, 0.1) is 0 Å². The molecule has 1 heterocycles. The van der Waals surface area contributed by atoms with E-state index in [2.05, 4.69) is 5.32 Å². The van der Waals surface area contributed by atoms with Crippen molar-refractivity contribution in [1.82, 2.24) is 9.47 Å². The number of para-hydroxylation sites is 1. The van der Waals surface area contributed by atoms with E-state index in [0.717, 1.165) is 0 Å².